The molecule has 3 N–H and O–H groups in total. The third-order valence-corrected chi connectivity index (χ3v) is 4.51. The quantitative estimate of drug-likeness (QED) is 0.813. The van der Waals surface area contributed by atoms with Gasteiger partial charge in [-0.3, -0.25) is 4.79 Å². The number of ether oxygens (including phenoxy) is 1. The Morgan fingerprint density at radius 3 is 2.80 bits per heavy atom. The van der Waals surface area contributed by atoms with E-state index in [9.17, 15) is 4.79 Å². The van der Waals surface area contributed by atoms with E-state index in [1.807, 2.05) is 44.2 Å². The first-order valence-corrected chi connectivity index (χ1v) is 8.40. The molecule has 0 aromatic heterocycles. The highest BCUT2D eigenvalue weighted by Gasteiger charge is 2.22. The van der Waals surface area contributed by atoms with Crippen LogP contribution in [0.5, 0.6) is 5.75 Å². The molecular weight excluding hydrogens is 336 g/mol. The van der Waals surface area contributed by atoms with E-state index < -0.39 is 0 Å². The lowest BCUT2D eigenvalue weighted by Gasteiger charge is -2.26. The molecule has 0 saturated heterocycles. The molecule has 134 valence electrons. The maximum atomic E-state index is 12.3. The number of halogens is 1. The van der Waals surface area contributed by atoms with Crippen molar-refractivity contribution in [3.05, 3.63) is 58.7 Å². The number of hydrogen-bond acceptors (Lipinski definition) is 3. The number of nitrogens with one attached hydrogen (secondary N) is 1. The van der Waals surface area contributed by atoms with Crippen LogP contribution in [0, 0.1) is 13.8 Å². The van der Waals surface area contributed by atoms with Crippen LogP contribution in [0.3, 0.4) is 0 Å². The lowest BCUT2D eigenvalue weighted by molar-refractivity contribution is -0.124. The summed E-state index contributed by atoms with van der Waals surface area (Å²) in [6.07, 6.45) is 3.03. The molecule has 0 spiro atoms. The van der Waals surface area contributed by atoms with Crippen molar-refractivity contribution < 1.29 is 9.53 Å². The Balaban J connectivity index is 0.00000225. The molecule has 1 unspecified atom stereocenters. The van der Waals surface area contributed by atoms with Crippen LogP contribution in [0.15, 0.2) is 36.4 Å². The van der Waals surface area contributed by atoms with Crippen LogP contribution in [0.4, 0.5) is 5.69 Å². The van der Waals surface area contributed by atoms with Crippen molar-refractivity contribution in [3.8, 4) is 5.75 Å². The van der Waals surface area contributed by atoms with E-state index in [4.69, 9.17) is 10.5 Å². The van der Waals surface area contributed by atoms with Crippen molar-refractivity contribution in [1.82, 2.24) is 5.32 Å². The number of hydrogen-bond donors (Lipinski definition) is 2. The van der Waals surface area contributed by atoms with Gasteiger partial charge < -0.3 is 15.8 Å². The van der Waals surface area contributed by atoms with Crippen molar-refractivity contribution >= 4 is 24.0 Å². The normalized spacial score (nSPS) is 15.7. The van der Waals surface area contributed by atoms with Crippen molar-refractivity contribution in [3.63, 3.8) is 0 Å². The summed E-state index contributed by atoms with van der Waals surface area (Å²) in [5, 5.41) is 3.09. The number of fused-ring (bicyclic) bond motifs is 1. The average molecular weight is 361 g/mol. The van der Waals surface area contributed by atoms with Crippen molar-refractivity contribution in [2.45, 2.75) is 39.2 Å². The van der Waals surface area contributed by atoms with Gasteiger partial charge in [0, 0.05) is 5.69 Å². The molecule has 1 aliphatic carbocycles. The predicted molar refractivity (Wildman–Crippen MR) is 103 cm³/mol. The summed E-state index contributed by atoms with van der Waals surface area (Å²) in [4.78, 5) is 12.3. The Labute approximate surface area is 155 Å². The summed E-state index contributed by atoms with van der Waals surface area (Å²) < 4.78 is 5.67. The van der Waals surface area contributed by atoms with Crippen LogP contribution in [-0.2, 0) is 11.2 Å². The molecule has 0 fully saturated rings. The van der Waals surface area contributed by atoms with Gasteiger partial charge in [-0.1, -0.05) is 23.8 Å². The zero-order valence-electron chi connectivity index (χ0n) is 14.7. The van der Waals surface area contributed by atoms with Gasteiger partial charge in [0.25, 0.3) is 5.91 Å². The molecule has 25 heavy (non-hydrogen) atoms. The second-order valence-corrected chi connectivity index (χ2v) is 6.53. The van der Waals surface area contributed by atoms with Crippen LogP contribution in [0.1, 0.15) is 41.1 Å². The summed E-state index contributed by atoms with van der Waals surface area (Å²) in [5.74, 6) is 0.664. The number of benzene rings is 2. The van der Waals surface area contributed by atoms with Gasteiger partial charge in [-0.15, -0.1) is 12.4 Å². The van der Waals surface area contributed by atoms with Gasteiger partial charge in [-0.05, 0) is 68.0 Å². The summed E-state index contributed by atoms with van der Waals surface area (Å²) in [5.41, 5.74) is 11.3. The SMILES string of the molecule is Cc1ccc(OCC(=O)NC2CCCc3cc(N)ccc32)c(C)c1.Cl. The Morgan fingerprint density at radius 2 is 2.04 bits per heavy atom. The monoisotopic (exact) mass is 360 g/mol. The Hall–Kier alpha value is -2.20. The van der Waals surface area contributed by atoms with Crippen LogP contribution in [-0.4, -0.2) is 12.5 Å². The molecule has 1 amide bonds. The van der Waals surface area contributed by atoms with Gasteiger partial charge in [0.2, 0.25) is 0 Å². The summed E-state index contributed by atoms with van der Waals surface area (Å²) in [6, 6.07) is 11.9. The third-order valence-electron chi connectivity index (χ3n) is 4.51. The second-order valence-electron chi connectivity index (χ2n) is 6.53. The van der Waals surface area contributed by atoms with Gasteiger partial charge >= 0.3 is 0 Å². The number of carbonyl (C=O) groups excluding carboxylic acids is 1. The Kier molecular flexibility index (Phi) is 6.32. The number of aryl methyl sites for hydroxylation is 3. The van der Waals surface area contributed by atoms with E-state index in [-0.39, 0.29) is 31.0 Å². The van der Waals surface area contributed by atoms with Gasteiger partial charge in [0.05, 0.1) is 6.04 Å². The molecular formula is C20H25ClN2O2. The molecule has 0 heterocycles. The molecule has 1 atom stereocenters. The van der Waals surface area contributed by atoms with Crippen LogP contribution < -0.4 is 15.8 Å². The largest absolute Gasteiger partial charge is 0.484 e. The fourth-order valence-corrected chi connectivity index (χ4v) is 3.32. The maximum absolute atomic E-state index is 12.3. The minimum atomic E-state index is -0.0929. The highest BCUT2D eigenvalue weighted by Crippen LogP contribution is 2.31. The fraction of sp³-hybridized carbons (Fsp3) is 0.350. The van der Waals surface area contributed by atoms with Gasteiger partial charge in [-0.25, -0.2) is 0 Å². The number of nitrogen functional groups attached to an aromatic ring is 1. The Morgan fingerprint density at radius 1 is 1.24 bits per heavy atom. The first-order valence-electron chi connectivity index (χ1n) is 8.40. The van der Waals surface area contributed by atoms with Gasteiger partial charge in [0.1, 0.15) is 5.75 Å². The Bertz CT molecular complexity index is 761. The maximum Gasteiger partial charge on any atom is 0.258 e. The first-order chi connectivity index (χ1) is 11.5. The topological polar surface area (TPSA) is 64.3 Å². The van der Waals surface area contributed by atoms with Crippen molar-refractivity contribution in [1.29, 1.82) is 0 Å². The molecule has 1 aliphatic rings. The van der Waals surface area contributed by atoms with E-state index in [2.05, 4.69) is 11.4 Å². The summed E-state index contributed by atoms with van der Waals surface area (Å²) >= 11 is 0. The summed E-state index contributed by atoms with van der Waals surface area (Å²) in [6.45, 7) is 4.06. The number of anilines is 1. The summed E-state index contributed by atoms with van der Waals surface area (Å²) in [7, 11) is 0. The average Bonchev–Trinajstić information content (AvgIpc) is 2.54. The fourth-order valence-electron chi connectivity index (χ4n) is 3.32. The van der Waals surface area contributed by atoms with E-state index >= 15 is 0 Å². The number of carbonyl (C=O) groups is 1. The minimum absolute atomic E-state index is 0. The zero-order chi connectivity index (χ0) is 17.1. The van der Waals surface area contributed by atoms with Crippen LogP contribution in [0.25, 0.3) is 0 Å². The molecule has 2 aromatic rings. The second kappa shape index (κ2) is 8.26. The first kappa shape index (κ1) is 19.1. The standard InChI is InChI=1S/C20H24N2O2.ClH/c1-13-6-9-19(14(2)10-13)24-12-20(23)22-18-5-3-4-15-11-16(21)7-8-17(15)18;/h6-11,18H,3-5,12,21H2,1-2H3,(H,22,23);1H. The molecule has 5 heteroatoms. The molecule has 3 rings (SSSR count). The predicted octanol–water partition coefficient (Wildman–Crippen LogP) is 3.88. The lowest BCUT2D eigenvalue weighted by Crippen LogP contribution is -2.34. The van der Waals surface area contributed by atoms with Crippen LogP contribution >= 0.6 is 12.4 Å². The molecule has 0 saturated carbocycles. The molecule has 4 nitrogen and oxygen atoms in total. The van der Waals surface area contributed by atoms with Crippen molar-refractivity contribution in [2.24, 2.45) is 0 Å². The highest BCUT2D eigenvalue weighted by molar-refractivity contribution is 5.85. The van der Waals surface area contributed by atoms with Gasteiger partial charge in [0.15, 0.2) is 6.61 Å². The molecule has 0 radical (unpaired) electrons. The van der Waals surface area contributed by atoms with Crippen LogP contribution in [0.2, 0.25) is 0 Å². The van der Waals surface area contributed by atoms with E-state index in [1.54, 1.807) is 0 Å². The van der Waals surface area contributed by atoms with E-state index in [0.717, 1.165) is 36.3 Å². The molecule has 2 aromatic carbocycles. The number of amides is 1. The minimum Gasteiger partial charge on any atom is -0.484 e. The number of rotatable bonds is 4. The highest BCUT2D eigenvalue weighted by atomic mass is 35.5. The van der Waals surface area contributed by atoms with E-state index in [1.165, 1.54) is 16.7 Å². The lowest BCUT2D eigenvalue weighted by atomic mass is 9.87. The van der Waals surface area contributed by atoms with E-state index in [0.29, 0.717) is 0 Å². The zero-order valence-corrected chi connectivity index (χ0v) is 15.5. The third kappa shape index (κ3) is 4.67. The van der Waals surface area contributed by atoms with Gasteiger partial charge in [-0.2, -0.15) is 0 Å². The van der Waals surface area contributed by atoms with Crippen molar-refractivity contribution in [2.75, 3.05) is 12.3 Å². The molecule has 0 bridgehead atoms. The number of nitrogens with two attached hydrogens (primary N) is 1. The smallest absolute Gasteiger partial charge is 0.258 e. The molecule has 0 aliphatic heterocycles.